The van der Waals surface area contributed by atoms with Crippen LogP contribution in [0.4, 0.5) is 0 Å². The highest BCUT2D eigenvalue weighted by Crippen LogP contribution is 2.73. The maximum Gasteiger partial charge on any atom is 0.509 e. The largest absolute Gasteiger partial charge is 0.509 e. The third-order valence-corrected chi connectivity index (χ3v) is 7.36. The van der Waals surface area contributed by atoms with E-state index in [2.05, 4.69) is 16.8 Å². The first-order valence-corrected chi connectivity index (χ1v) is 10.4. The van der Waals surface area contributed by atoms with E-state index in [4.69, 9.17) is 4.74 Å². The van der Waals surface area contributed by atoms with Crippen molar-refractivity contribution in [1.29, 1.82) is 0 Å². The van der Waals surface area contributed by atoms with Gasteiger partial charge in [-0.05, 0) is 0 Å². The second-order valence-electron chi connectivity index (χ2n) is 5.07. The van der Waals surface area contributed by atoms with E-state index in [-0.39, 0.29) is 0 Å². The number of aromatic nitrogens is 2. The van der Waals surface area contributed by atoms with E-state index in [1.54, 1.807) is 0 Å². The second kappa shape index (κ2) is 7.30. The fourth-order valence-corrected chi connectivity index (χ4v) is 5.03. The van der Waals surface area contributed by atoms with Gasteiger partial charge in [0.15, 0.2) is 18.6 Å². The smallest absolute Gasteiger partial charge is 0.387 e. The number of aliphatic hydroxyl groups is 2. The minimum Gasteiger partial charge on any atom is -0.387 e. The number of phosphoric acid groups is 2. The third kappa shape index (κ3) is 4.18. The molecular formula is C9H12N2O12P2S. The molecule has 1 unspecified atom stereocenters. The highest BCUT2D eigenvalue weighted by atomic mass is 32.2. The standard InChI is InChI=1S/C9H12N2O12P2S/c12-5-1-2-11(9(15)10-5)8-7(14)6(13)4(20-8)3-19-24(16,17)21-25(18)22-26-23-25/h1-2,4,6-8,13-14H,3H2,(H,16,17)(H,10,12,15)/t4-,6-,7-,8-/m1/s1. The number of aliphatic hydroxyl groups excluding tert-OH is 2. The van der Waals surface area contributed by atoms with Gasteiger partial charge in [0.2, 0.25) is 0 Å². The summed E-state index contributed by atoms with van der Waals surface area (Å²) in [7, 11) is -9.08. The van der Waals surface area contributed by atoms with Crippen LogP contribution in [-0.4, -0.2) is 49.6 Å². The van der Waals surface area contributed by atoms with E-state index < -0.39 is 58.0 Å². The van der Waals surface area contributed by atoms with Crippen LogP contribution >= 0.6 is 28.0 Å². The van der Waals surface area contributed by atoms with Crippen molar-refractivity contribution in [2.24, 2.45) is 0 Å². The average molecular weight is 434 g/mol. The summed E-state index contributed by atoms with van der Waals surface area (Å²) in [6, 6.07) is 0.997. The molecule has 0 aliphatic carbocycles. The summed E-state index contributed by atoms with van der Waals surface area (Å²) in [5, 5.41) is 20.0. The lowest BCUT2D eigenvalue weighted by atomic mass is 10.1. The molecule has 14 nitrogen and oxygen atoms in total. The van der Waals surface area contributed by atoms with Crippen LogP contribution < -0.4 is 11.2 Å². The van der Waals surface area contributed by atoms with Crippen molar-refractivity contribution < 1.29 is 45.7 Å². The van der Waals surface area contributed by atoms with Gasteiger partial charge in [-0.3, -0.25) is 18.9 Å². The number of H-pyrrole nitrogens is 1. The van der Waals surface area contributed by atoms with Gasteiger partial charge in [-0.25, -0.2) is 13.9 Å². The predicted octanol–water partition coefficient (Wildman–Crippen LogP) is -0.993. The Morgan fingerprint density at radius 1 is 1.35 bits per heavy atom. The minimum atomic E-state index is -4.90. The zero-order valence-electron chi connectivity index (χ0n) is 12.4. The average Bonchev–Trinajstić information content (AvgIpc) is 2.79. The molecule has 2 saturated heterocycles. The van der Waals surface area contributed by atoms with Gasteiger partial charge >= 0.3 is 21.3 Å². The Labute approximate surface area is 148 Å². The summed E-state index contributed by atoms with van der Waals surface area (Å²) in [4.78, 5) is 34.2. The van der Waals surface area contributed by atoms with Crippen molar-refractivity contribution in [3.05, 3.63) is 33.1 Å². The van der Waals surface area contributed by atoms with Crippen LogP contribution in [0.15, 0.2) is 21.9 Å². The van der Waals surface area contributed by atoms with Crippen molar-refractivity contribution in [2.45, 2.75) is 24.5 Å². The molecule has 2 aliphatic rings. The molecular weight excluding hydrogens is 422 g/mol. The third-order valence-electron chi connectivity index (χ3n) is 3.31. The van der Waals surface area contributed by atoms with Crippen molar-refractivity contribution >= 4 is 28.0 Å². The number of phosphoric ester groups is 1. The quantitative estimate of drug-likeness (QED) is 0.315. The van der Waals surface area contributed by atoms with Gasteiger partial charge in [0.05, 0.1) is 6.61 Å². The second-order valence-corrected chi connectivity index (χ2v) is 9.15. The normalized spacial score (nSPS) is 32.7. The Balaban J connectivity index is 1.66. The number of hydrogen-bond donors (Lipinski definition) is 4. The van der Waals surface area contributed by atoms with Gasteiger partial charge < -0.3 is 19.8 Å². The van der Waals surface area contributed by atoms with Gasteiger partial charge in [0.25, 0.3) is 5.56 Å². The van der Waals surface area contributed by atoms with Gasteiger partial charge in [-0.15, -0.1) is 0 Å². The highest BCUT2D eigenvalue weighted by molar-refractivity contribution is 8.03. The molecule has 2 aliphatic heterocycles. The number of aromatic amines is 1. The van der Waals surface area contributed by atoms with Gasteiger partial charge in [-0.1, -0.05) is 0 Å². The summed E-state index contributed by atoms with van der Waals surface area (Å²) in [5.41, 5.74) is -1.58. The van der Waals surface area contributed by atoms with Crippen LogP contribution in [0.25, 0.3) is 0 Å². The first-order chi connectivity index (χ1) is 12.1. The lowest BCUT2D eigenvalue weighted by Crippen LogP contribution is -2.37. The maximum absolute atomic E-state index is 11.7. The highest BCUT2D eigenvalue weighted by Gasteiger charge is 2.49. The molecule has 2 fully saturated rings. The summed E-state index contributed by atoms with van der Waals surface area (Å²) in [5.74, 6) is 0. The zero-order chi connectivity index (χ0) is 19.1. The Kier molecular flexibility index (Phi) is 5.59. The van der Waals surface area contributed by atoms with Crippen LogP contribution in [0.5, 0.6) is 0 Å². The van der Waals surface area contributed by atoms with Gasteiger partial charge in [0.1, 0.15) is 18.3 Å². The fraction of sp³-hybridized carbons (Fsp3) is 0.556. The van der Waals surface area contributed by atoms with Crippen LogP contribution in [0.1, 0.15) is 6.23 Å². The molecule has 0 saturated carbocycles. The molecule has 0 aromatic carbocycles. The molecule has 1 aromatic rings. The first kappa shape index (κ1) is 19.9. The van der Waals surface area contributed by atoms with E-state index in [0.29, 0.717) is 12.3 Å². The van der Waals surface area contributed by atoms with Crippen LogP contribution in [0.3, 0.4) is 0 Å². The molecule has 4 N–H and O–H groups in total. The lowest BCUT2D eigenvalue weighted by molar-refractivity contribution is -0.0542. The van der Waals surface area contributed by atoms with E-state index in [9.17, 15) is 33.8 Å². The molecule has 0 bridgehead atoms. The number of hydrogen-bond acceptors (Lipinski definition) is 12. The Morgan fingerprint density at radius 2 is 2.04 bits per heavy atom. The number of ether oxygens (including phenoxy) is 1. The summed E-state index contributed by atoms with van der Waals surface area (Å²) >= 11 is 0.298. The van der Waals surface area contributed by atoms with Crippen LogP contribution in [-0.2, 0) is 30.6 Å². The Morgan fingerprint density at radius 3 is 2.62 bits per heavy atom. The first-order valence-electron chi connectivity index (χ1n) is 6.77. The molecule has 26 heavy (non-hydrogen) atoms. The minimum absolute atomic E-state index is 0.298. The van der Waals surface area contributed by atoms with Crippen LogP contribution in [0, 0.1) is 0 Å². The van der Waals surface area contributed by atoms with E-state index in [1.165, 1.54) is 0 Å². The monoisotopic (exact) mass is 434 g/mol. The van der Waals surface area contributed by atoms with Gasteiger partial charge in [0, 0.05) is 12.3 Å². The van der Waals surface area contributed by atoms with E-state index in [1.807, 2.05) is 4.98 Å². The number of nitrogens with one attached hydrogen (secondary N) is 1. The molecule has 3 heterocycles. The van der Waals surface area contributed by atoms with Crippen molar-refractivity contribution in [1.82, 2.24) is 9.55 Å². The molecule has 17 heteroatoms. The molecule has 1 aromatic heterocycles. The topological polar surface area (TPSA) is 196 Å². The molecule has 5 atom stereocenters. The maximum atomic E-state index is 11.7. The molecule has 3 rings (SSSR count). The molecule has 146 valence electrons. The SMILES string of the molecule is O=c1ccn([C@@H]2O[C@H](COP(=O)(O)OP3(=O)OSO3)[C@@H](O)[C@H]2O)c(=O)[nH]1. The number of rotatable bonds is 6. The summed E-state index contributed by atoms with van der Waals surface area (Å²) < 4.78 is 46.5. The fourth-order valence-electron chi connectivity index (χ4n) is 2.15. The van der Waals surface area contributed by atoms with E-state index in [0.717, 1.165) is 16.8 Å². The number of nitrogens with zero attached hydrogens (tertiary/aromatic N) is 1. The van der Waals surface area contributed by atoms with Crippen molar-refractivity contribution in [2.75, 3.05) is 6.61 Å². The Bertz CT molecular complexity index is 878. The summed E-state index contributed by atoms with van der Waals surface area (Å²) in [6.45, 7) is -0.770. The molecule has 0 spiro atoms. The zero-order valence-corrected chi connectivity index (χ0v) is 15.0. The lowest BCUT2D eigenvalue weighted by Gasteiger charge is -2.24. The molecule has 0 radical (unpaired) electrons. The molecule has 0 amide bonds. The summed E-state index contributed by atoms with van der Waals surface area (Å²) in [6.07, 6.45) is -4.92. The van der Waals surface area contributed by atoms with Crippen molar-refractivity contribution in [3.8, 4) is 0 Å². The van der Waals surface area contributed by atoms with Crippen LogP contribution in [0.2, 0.25) is 0 Å². The van der Waals surface area contributed by atoms with Gasteiger partial charge in [-0.2, -0.15) is 12.3 Å². The van der Waals surface area contributed by atoms with E-state index >= 15 is 0 Å². The van der Waals surface area contributed by atoms with Crippen molar-refractivity contribution in [3.63, 3.8) is 0 Å². The Hall–Kier alpha value is -0.830. The predicted molar refractivity (Wildman–Crippen MR) is 81.5 cm³/mol.